The van der Waals surface area contributed by atoms with Crippen LogP contribution in [0, 0.1) is 5.82 Å². The summed E-state index contributed by atoms with van der Waals surface area (Å²) in [5, 5.41) is 0. The highest BCUT2D eigenvalue weighted by Gasteiger charge is 2.41. The Hall–Kier alpha value is -3.15. The molecule has 1 aliphatic heterocycles. The van der Waals surface area contributed by atoms with Gasteiger partial charge in [-0.2, -0.15) is 0 Å². The molecule has 0 aromatic heterocycles. The quantitative estimate of drug-likeness (QED) is 0.771. The van der Waals surface area contributed by atoms with Gasteiger partial charge in [0.2, 0.25) is 5.91 Å². The zero-order valence-corrected chi connectivity index (χ0v) is 16.4. The van der Waals surface area contributed by atoms with Crippen molar-refractivity contribution in [2.24, 2.45) is 0 Å². The van der Waals surface area contributed by atoms with Crippen molar-refractivity contribution in [3.63, 3.8) is 0 Å². The third-order valence-electron chi connectivity index (χ3n) is 5.57. The molecule has 6 heteroatoms. The van der Waals surface area contributed by atoms with Crippen LogP contribution in [0.15, 0.2) is 53.7 Å². The van der Waals surface area contributed by atoms with Gasteiger partial charge in [0.25, 0.3) is 0 Å². The smallest absolute Gasteiger partial charge is 0.232 e. The van der Waals surface area contributed by atoms with Crippen molar-refractivity contribution in [3.8, 4) is 11.5 Å². The van der Waals surface area contributed by atoms with E-state index in [-0.39, 0.29) is 23.9 Å². The largest absolute Gasteiger partial charge is 0.493 e. The number of para-hydroxylation sites is 1. The van der Waals surface area contributed by atoms with Gasteiger partial charge in [0.05, 0.1) is 14.2 Å². The number of rotatable bonds is 4. The van der Waals surface area contributed by atoms with Crippen molar-refractivity contribution < 1.29 is 23.5 Å². The second kappa shape index (κ2) is 7.70. The molecule has 1 amide bonds. The Kier molecular flexibility index (Phi) is 5.09. The molecule has 2 aromatic carbocycles. The molecular weight excluding hydrogens is 373 g/mol. The minimum absolute atomic E-state index is 0.0423. The van der Waals surface area contributed by atoms with Crippen LogP contribution in [0.5, 0.6) is 11.5 Å². The lowest BCUT2D eigenvalue weighted by Gasteiger charge is -2.38. The number of Topliss-reactive ketones (excluding diaryl/α,β-unsaturated/α-hetero) is 1. The molecule has 2 aromatic rings. The van der Waals surface area contributed by atoms with Crippen LogP contribution in [0.25, 0.3) is 0 Å². The Morgan fingerprint density at radius 3 is 2.45 bits per heavy atom. The number of ether oxygens (including phenoxy) is 2. The van der Waals surface area contributed by atoms with Gasteiger partial charge < -0.3 is 9.47 Å². The van der Waals surface area contributed by atoms with Crippen LogP contribution >= 0.6 is 0 Å². The Morgan fingerprint density at radius 2 is 1.76 bits per heavy atom. The predicted molar refractivity (Wildman–Crippen MR) is 107 cm³/mol. The van der Waals surface area contributed by atoms with Crippen LogP contribution in [-0.4, -0.2) is 25.9 Å². The summed E-state index contributed by atoms with van der Waals surface area (Å²) in [6.45, 7) is 0. The number of ketones is 1. The SMILES string of the molecule is COc1cccc([C@@H]2CC(=O)N(c3ccc(F)cc3)C3=C2C(=O)CCC3)c1OC. The third-order valence-corrected chi connectivity index (χ3v) is 5.57. The topological polar surface area (TPSA) is 55.8 Å². The van der Waals surface area contributed by atoms with Crippen LogP contribution in [0.1, 0.15) is 37.2 Å². The van der Waals surface area contributed by atoms with Crippen molar-refractivity contribution in [2.45, 2.75) is 31.6 Å². The Morgan fingerprint density at radius 1 is 1.00 bits per heavy atom. The molecule has 0 saturated heterocycles. The molecule has 4 rings (SSSR count). The van der Waals surface area contributed by atoms with E-state index in [1.807, 2.05) is 12.1 Å². The summed E-state index contributed by atoms with van der Waals surface area (Å²) in [6.07, 6.45) is 1.89. The lowest BCUT2D eigenvalue weighted by molar-refractivity contribution is -0.119. The molecule has 0 radical (unpaired) electrons. The molecule has 1 aliphatic carbocycles. The summed E-state index contributed by atoms with van der Waals surface area (Å²) in [4.78, 5) is 27.7. The molecule has 0 bridgehead atoms. The van der Waals surface area contributed by atoms with E-state index in [1.54, 1.807) is 37.3 Å². The van der Waals surface area contributed by atoms with Crippen LogP contribution in [0.2, 0.25) is 0 Å². The minimum atomic E-state index is -0.396. The predicted octanol–water partition coefficient (Wildman–Crippen LogP) is 4.37. The molecule has 2 aliphatic rings. The number of amides is 1. The van der Waals surface area contributed by atoms with E-state index in [0.29, 0.717) is 47.7 Å². The van der Waals surface area contributed by atoms with Crippen LogP contribution in [0.4, 0.5) is 10.1 Å². The fourth-order valence-corrected chi connectivity index (χ4v) is 4.33. The molecule has 1 heterocycles. The highest BCUT2D eigenvalue weighted by Crippen LogP contribution is 2.47. The average Bonchev–Trinajstić information content (AvgIpc) is 2.73. The number of methoxy groups -OCH3 is 2. The number of hydrogen-bond donors (Lipinski definition) is 0. The summed E-state index contributed by atoms with van der Waals surface area (Å²) in [5.41, 5.74) is 2.70. The van der Waals surface area contributed by atoms with Gasteiger partial charge in [-0.25, -0.2) is 4.39 Å². The maximum absolute atomic E-state index is 13.4. The maximum Gasteiger partial charge on any atom is 0.232 e. The first-order valence-corrected chi connectivity index (χ1v) is 9.60. The first-order valence-electron chi connectivity index (χ1n) is 9.60. The first-order chi connectivity index (χ1) is 14.0. The second-order valence-corrected chi connectivity index (χ2v) is 7.18. The standard InChI is InChI=1S/C23H22FNO4/c1-28-20-8-3-5-16(23(20)29-2)17-13-21(27)25(15-11-9-14(24)10-12-15)18-6-4-7-19(26)22(17)18/h3,5,8-12,17H,4,6-7,13H2,1-2H3/t17-/m0/s1. The molecule has 0 saturated carbocycles. The van der Waals surface area contributed by atoms with Gasteiger partial charge in [-0.1, -0.05) is 12.1 Å². The second-order valence-electron chi connectivity index (χ2n) is 7.18. The van der Waals surface area contributed by atoms with Gasteiger partial charge >= 0.3 is 0 Å². The summed E-state index contributed by atoms with van der Waals surface area (Å²) in [6, 6.07) is 11.3. The molecule has 29 heavy (non-hydrogen) atoms. The van der Waals surface area contributed by atoms with Crippen molar-refractivity contribution in [1.82, 2.24) is 0 Å². The summed E-state index contributed by atoms with van der Waals surface area (Å²) in [5.74, 6) is 0.246. The average molecular weight is 395 g/mol. The number of halogens is 1. The molecule has 0 fully saturated rings. The molecule has 5 nitrogen and oxygen atoms in total. The van der Waals surface area contributed by atoms with Crippen LogP contribution in [0.3, 0.4) is 0 Å². The number of anilines is 1. The molecular formula is C23H22FNO4. The van der Waals surface area contributed by atoms with Gasteiger partial charge in [0.15, 0.2) is 17.3 Å². The highest BCUT2D eigenvalue weighted by molar-refractivity contribution is 6.07. The lowest BCUT2D eigenvalue weighted by Crippen LogP contribution is -2.40. The highest BCUT2D eigenvalue weighted by atomic mass is 19.1. The van der Waals surface area contributed by atoms with Gasteiger partial charge in [0, 0.05) is 41.3 Å². The van der Waals surface area contributed by atoms with E-state index >= 15 is 0 Å². The van der Waals surface area contributed by atoms with E-state index in [0.717, 1.165) is 5.56 Å². The van der Waals surface area contributed by atoms with E-state index < -0.39 is 5.92 Å². The fraction of sp³-hybridized carbons (Fsp3) is 0.304. The van der Waals surface area contributed by atoms with Gasteiger partial charge in [-0.05, 0) is 43.2 Å². The van der Waals surface area contributed by atoms with Gasteiger partial charge in [-0.3, -0.25) is 14.5 Å². The molecule has 1 atom stereocenters. The van der Waals surface area contributed by atoms with Crippen molar-refractivity contribution in [2.75, 3.05) is 19.1 Å². The Labute approximate surface area is 168 Å². The molecule has 0 unspecified atom stereocenters. The number of carbonyl (C=O) groups excluding carboxylic acids is 2. The third kappa shape index (κ3) is 3.28. The summed E-state index contributed by atoms with van der Waals surface area (Å²) < 4.78 is 24.4. The van der Waals surface area contributed by atoms with Gasteiger partial charge in [0.1, 0.15) is 5.82 Å². The zero-order valence-electron chi connectivity index (χ0n) is 16.4. The Balaban J connectivity index is 1.88. The summed E-state index contributed by atoms with van der Waals surface area (Å²) in [7, 11) is 3.11. The number of nitrogens with zero attached hydrogens (tertiary/aromatic N) is 1. The van der Waals surface area contributed by atoms with Crippen LogP contribution < -0.4 is 14.4 Å². The fourth-order valence-electron chi connectivity index (χ4n) is 4.33. The molecule has 150 valence electrons. The van der Waals surface area contributed by atoms with E-state index in [1.165, 1.54) is 12.1 Å². The van der Waals surface area contributed by atoms with Crippen molar-refractivity contribution in [3.05, 3.63) is 65.1 Å². The van der Waals surface area contributed by atoms with E-state index in [4.69, 9.17) is 9.47 Å². The maximum atomic E-state index is 13.4. The summed E-state index contributed by atoms with van der Waals surface area (Å²) >= 11 is 0. The Bertz CT molecular complexity index is 996. The normalized spacial score (nSPS) is 19.3. The van der Waals surface area contributed by atoms with Crippen LogP contribution in [-0.2, 0) is 9.59 Å². The first kappa shape index (κ1) is 19.2. The molecule has 0 N–H and O–H groups in total. The number of carbonyl (C=O) groups is 2. The lowest BCUT2D eigenvalue weighted by atomic mass is 9.76. The number of hydrogen-bond acceptors (Lipinski definition) is 4. The minimum Gasteiger partial charge on any atom is -0.493 e. The van der Waals surface area contributed by atoms with Crippen molar-refractivity contribution >= 4 is 17.4 Å². The van der Waals surface area contributed by atoms with Crippen molar-refractivity contribution in [1.29, 1.82) is 0 Å². The van der Waals surface area contributed by atoms with E-state index in [9.17, 15) is 14.0 Å². The number of benzene rings is 2. The monoisotopic (exact) mass is 395 g/mol. The van der Waals surface area contributed by atoms with E-state index in [2.05, 4.69) is 0 Å². The number of allylic oxidation sites excluding steroid dienone is 2. The van der Waals surface area contributed by atoms with Gasteiger partial charge in [-0.15, -0.1) is 0 Å². The zero-order chi connectivity index (χ0) is 20.5. The molecule has 0 spiro atoms.